The largest absolute Gasteiger partial charge is 0.310 e. The SMILES string of the molecule is Cc1c(CC#N)nc(C2CC2)[nH]c1=O. The number of H-pyrrole nitrogens is 1. The molecule has 72 valence electrons. The minimum atomic E-state index is -0.104. The van der Waals surface area contributed by atoms with Crippen molar-refractivity contribution in [2.45, 2.75) is 32.1 Å². The standard InChI is InChI=1S/C10H11N3O/c1-6-8(4-5-11)12-9(7-2-3-7)13-10(6)14/h7H,2-4H2,1H3,(H,12,13,14). The van der Waals surface area contributed by atoms with Crippen LogP contribution in [0.5, 0.6) is 0 Å². The first kappa shape index (κ1) is 8.95. The maximum absolute atomic E-state index is 11.5. The number of nitrogens with one attached hydrogen (secondary N) is 1. The molecular weight excluding hydrogens is 178 g/mol. The lowest BCUT2D eigenvalue weighted by molar-refractivity contribution is 0.860. The second kappa shape index (κ2) is 3.26. The van der Waals surface area contributed by atoms with Gasteiger partial charge in [0.25, 0.3) is 5.56 Å². The van der Waals surface area contributed by atoms with Crippen molar-refractivity contribution in [3.8, 4) is 6.07 Å². The third-order valence-electron chi connectivity index (χ3n) is 2.48. The van der Waals surface area contributed by atoms with Crippen LogP contribution in [0.1, 0.15) is 35.8 Å². The van der Waals surface area contributed by atoms with Crippen LogP contribution in [0.25, 0.3) is 0 Å². The molecule has 1 heterocycles. The van der Waals surface area contributed by atoms with Crippen molar-refractivity contribution >= 4 is 0 Å². The molecule has 0 aromatic carbocycles. The van der Waals surface area contributed by atoms with Crippen LogP contribution in [-0.4, -0.2) is 9.97 Å². The molecule has 0 amide bonds. The monoisotopic (exact) mass is 189 g/mol. The van der Waals surface area contributed by atoms with Crippen LogP contribution < -0.4 is 5.56 Å². The fraction of sp³-hybridized carbons (Fsp3) is 0.500. The summed E-state index contributed by atoms with van der Waals surface area (Å²) in [7, 11) is 0. The maximum Gasteiger partial charge on any atom is 0.254 e. The first-order valence-corrected chi connectivity index (χ1v) is 4.69. The smallest absolute Gasteiger partial charge is 0.254 e. The third-order valence-corrected chi connectivity index (χ3v) is 2.48. The summed E-state index contributed by atoms with van der Waals surface area (Å²) in [4.78, 5) is 18.5. The first-order valence-electron chi connectivity index (χ1n) is 4.69. The Labute approximate surface area is 81.6 Å². The Hall–Kier alpha value is -1.63. The van der Waals surface area contributed by atoms with Gasteiger partial charge in [-0.25, -0.2) is 4.98 Å². The molecule has 0 bridgehead atoms. The van der Waals surface area contributed by atoms with E-state index < -0.39 is 0 Å². The molecule has 14 heavy (non-hydrogen) atoms. The molecule has 0 unspecified atom stereocenters. The Bertz CT molecular complexity index is 451. The Kier molecular flexibility index (Phi) is 2.08. The number of nitriles is 1. The van der Waals surface area contributed by atoms with E-state index in [4.69, 9.17) is 5.26 Å². The van der Waals surface area contributed by atoms with Gasteiger partial charge in [0.05, 0.1) is 18.2 Å². The van der Waals surface area contributed by atoms with Crippen molar-refractivity contribution in [2.24, 2.45) is 0 Å². The molecule has 1 fully saturated rings. The van der Waals surface area contributed by atoms with Crippen molar-refractivity contribution in [3.63, 3.8) is 0 Å². The van der Waals surface area contributed by atoms with E-state index >= 15 is 0 Å². The van der Waals surface area contributed by atoms with Gasteiger partial charge in [-0.1, -0.05) is 0 Å². The van der Waals surface area contributed by atoms with E-state index in [1.165, 1.54) is 0 Å². The number of hydrogen-bond donors (Lipinski definition) is 1. The Balaban J connectivity index is 2.47. The third kappa shape index (κ3) is 1.53. The highest BCUT2D eigenvalue weighted by molar-refractivity contribution is 5.21. The molecule has 0 spiro atoms. The molecule has 0 radical (unpaired) electrons. The molecule has 4 heteroatoms. The minimum Gasteiger partial charge on any atom is -0.310 e. The predicted molar refractivity (Wildman–Crippen MR) is 50.9 cm³/mol. The quantitative estimate of drug-likeness (QED) is 0.755. The number of hydrogen-bond acceptors (Lipinski definition) is 3. The lowest BCUT2D eigenvalue weighted by Gasteiger charge is -2.03. The highest BCUT2D eigenvalue weighted by Crippen LogP contribution is 2.37. The summed E-state index contributed by atoms with van der Waals surface area (Å²) < 4.78 is 0. The van der Waals surface area contributed by atoms with Gasteiger partial charge in [-0.15, -0.1) is 0 Å². The van der Waals surface area contributed by atoms with Gasteiger partial charge < -0.3 is 4.98 Å². The molecule has 4 nitrogen and oxygen atoms in total. The molecule has 0 atom stereocenters. The zero-order valence-electron chi connectivity index (χ0n) is 8.00. The maximum atomic E-state index is 11.5. The first-order chi connectivity index (χ1) is 6.72. The molecular formula is C10H11N3O. The van der Waals surface area contributed by atoms with Crippen LogP contribution in [-0.2, 0) is 6.42 Å². The topological polar surface area (TPSA) is 69.5 Å². The van der Waals surface area contributed by atoms with Crippen LogP contribution in [0.2, 0.25) is 0 Å². The summed E-state index contributed by atoms with van der Waals surface area (Å²) in [5.74, 6) is 1.17. The van der Waals surface area contributed by atoms with E-state index in [-0.39, 0.29) is 12.0 Å². The van der Waals surface area contributed by atoms with Crippen LogP contribution in [0.4, 0.5) is 0 Å². The number of aromatic nitrogens is 2. The summed E-state index contributed by atoms with van der Waals surface area (Å²) in [6, 6.07) is 2.02. The highest BCUT2D eigenvalue weighted by atomic mass is 16.1. The van der Waals surface area contributed by atoms with E-state index in [2.05, 4.69) is 9.97 Å². The van der Waals surface area contributed by atoms with E-state index in [1.54, 1.807) is 6.92 Å². The molecule has 0 aliphatic heterocycles. The number of rotatable bonds is 2. The second-order valence-corrected chi connectivity index (χ2v) is 3.63. The van der Waals surface area contributed by atoms with Gasteiger partial charge in [0.15, 0.2) is 0 Å². The second-order valence-electron chi connectivity index (χ2n) is 3.63. The zero-order chi connectivity index (χ0) is 10.1. The van der Waals surface area contributed by atoms with Gasteiger partial charge >= 0.3 is 0 Å². The van der Waals surface area contributed by atoms with Gasteiger partial charge in [-0.05, 0) is 19.8 Å². The molecule has 2 rings (SSSR count). The number of aromatic amines is 1. The molecule has 1 aromatic heterocycles. The van der Waals surface area contributed by atoms with Gasteiger partial charge in [0.2, 0.25) is 0 Å². The van der Waals surface area contributed by atoms with E-state index in [0.717, 1.165) is 18.7 Å². The van der Waals surface area contributed by atoms with E-state index in [1.807, 2.05) is 6.07 Å². The van der Waals surface area contributed by atoms with Gasteiger partial charge in [-0.2, -0.15) is 5.26 Å². The summed E-state index contributed by atoms with van der Waals surface area (Å²) >= 11 is 0. The summed E-state index contributed by atoms with van der Waals surface area (Å²) in [5.41, 5.74) is 1.08. The van der Waals surface area contributed by atoms with Crippen molar-refractivity contribution in [1.29, 1.82) is 5.26 Å². The Morgan fingerprint density at radius 1 is 1.64 bits per heavy atom. The van der Waals surface area contributed by atoms with Crippen LogP contribution in [0.3, 0.4) is 0 Å². The van der Waals surface area contributed by atoms with Crippen molar-refractivity contribution in [3.05, 3.63) is 27.4 Å². The normalized spacial score (nSPS) is 15.1. The summed E-state index contributed by atoms with van der Waals surface area (Å²) in [5, 5.41) is 8.58. The van der Waals surface area contributed by atoms with E-state index in [9.17, 15) is 4.79 Å². The Morgan fingerprint density at radius 3 is 2.93 bits per heavy atom. The van der Waals surface area contributed by atoms with Crippen molar-refractivity contribution in [2.75, 3.05) is 0 Å². The lowest BCUT2D eigenvalue weighted by atomic mass is 10.2. The predicted octanol–water partition coefficient (Wildman–Crippen LogP) is 1.02. The average Bonchev–Trinajstić information content (AvgIpc) is 2.96. The fourth-order valence-corrected chi connectivity index (χ4v) is 1.40. The molecule has 1 aromatic rings. The summed E-state index contributed by atoms with van der Waals surface area (Å²) in [6.07, 6.45) is 2.41. The number of nitrogens with zero attached hydrogens (tertiary/aromatic N) is 2. The van der Waals surface area contributed by atoms with Crippen molar-refractivity contribution < 1.29 is 0 Å². The van der Waals surface area contributed by atoms with E-state index in [0.29, 0.717) is 17.2 Å². The highest BCUT2D eigenvalue weighted by Gasteiger charge is 2.26. The molecule has 0 saturated heterocycles. The molecule has 1 aliphatic rings. The molecule has 1 N–H and O–H groups in total. The molecule has 1 aliphatic carbocycles. The lowest BCUT2D eigenvalue weighted by Crippen LogP contribution is -2.17. The van der Waals surface area contributed by atoms with Gasteiger partial charge in [0.1, 0.15) is 5.82 Å². The zero-order valence-corrected chi connectivity index (χ0v) is 8.00. The van der Waals surface area contributed by atoms with Crippen LogP contribution in [0.15, 0.2) is 4.79 Å². The minimum absolute atomic E-state index is 0.104. The van der Waals surface area contributed by atoms with Crippen LogP contribution in [0, 0.1) is 18.3 Å². The van der Waals surface area contributed by atoms with Crippen LogP contribution >= 0.6 is 0 Å². The van der Waals surface area contributed by atoms with Gasteiger partial charge in [-0.3, -0.25) is 4.79 Å². The Morgan fingerprint density at radius 2 is 2.36 bits per heavy atom. The summed E-state index contributed by atoms with van der Waals surface area (Å²) in [6.45, 7) is 1.70. The fourth-order valence-electron chi connectivity index (χ4n) is 1.40. The molecule has 1 saturated carbocycles. The van der Waals surface area contributed by atoms with Crippen molar-refractivity contribution in [1.82, 2.24) is 9.97 Å². The average molecular weight is 189 g/mol. The van der Waals surface area contributed by atoms with Gasteiger partial charge in [0, 0.05) is 11.5 Å².